The number of amides is 1. The van der Waals surface area contributed by atoms with Crippen molar-refractivity contribution >= 4 is 22.7 Å². The van der Waals surface area contributed by atoms with Crippen LogP contribution >= 0.6 is 0 Å². The number of aromatic nitrogens is 2. The van der Waals surface area contributed by atoms with E-state index in [0.717, 1.165) is 11.3 Å². The Morgan fingerprint density at radius 3 is 2.73 bits per heavy atom. The van der Waals surface area contributed by atoms with Crippen LogP contribution in [0.1, 0.15) is 29.0 Å². The van der Waals surface area contributed by atoms with Crippen molar-refractivity contribution in [3.05, 3.63) is 53.6 Å². The number of aryl methyl sites for hydroxylation is 1. The number of Topliss-reactive ketones (excluding diaryl/α,β-unsaturated/α-hetero) is 1. The molecule has 2 aromatic carbocycles. The minimum Gasteiger partial charge on any atom is -0.486 e. The molecule has 156 valence electrons. The first-order chi connectivity index (χ1) is 14.5. The Morgan fingerprint density at radius 2 is 1.90 bits per heavy atom. The molecular weight excluding hydrogens is 389 g/mol. The number of carbonyl (C=O) groups excluding carboxylic acids is 2. The molecule has 1 aliphatic heterocycles. The fraction of sp³-hybridized carbons (Fsp3) is 0.318. The summed E-state index contributed by atoms with van der Waals surface area (Å²) in [4.78, 5) is 28.9. The van der Waals surface area contributed by atoms with Gasteiger partial charge in [0.25, 0.3) is 0 Å². The number of imidazole rings is 1. The first kappa shape index (κ1) is 19.9. The Hall–Kier alpha value is -3.42. The molecule has 0 radical (unpaired) electrons. The number of benzene rings is 2. The maximum atomic E-state index is 13.3. The van der Waals surface area contributed by atoms with E-state index in [-0.39, 0.29) is 30.3 Å². The summed E-state index contributed by atoms with van der Waals surface area (Å²) in [5.74, 6) is 1.27. The van der Waals surface area contributed by atoms with E-state index in [1.54, 1.807) is 24.3 Å². The lowest BCUT2D eigenvalue weighted by molar-refractivity contribution is -0.121. The molecule has 1 aliphatic rings. The van der Waals surface area contributed by atoms with Crippen LogP contribution in [0.25, 0.3) is 11.0 Å². The molecule has 4 rings (SSSR count). The SMILES string of the molecule is Cn1c(CCNC(=O)CCC(=O)c2ccc3c(c2)OCCO3)nc2cc(F)ccc21. The van der Waals surface area contributed by atoms with Crippen molar-refractivity contribution in [1.82, 2.24) is 14.9 Å². The number of nitrogens with one attached hydrogen (secondary N) is 1. The van der Waals surface area contributed by atoms with Gasteiger partial charge in [-0.15, -0.1) is 0 Å². The highest BCUT2D eigenvalue weighted by molar-refractivity contribution is 5.98. The summed E-state index contributed by atoms with van der Waals surface area (Å²) in [7, 11) is 1.86. The first-order valence-corrected chi connectivity index (χ1v) is 9.81. The van der Waals surface area contributed by atoms with Gasteiger partial charge in [0.1, 0.15) is 24.9 Å². The first-order valence-electron chi connectivity index (χ1n) is 9.81. The summed E-state index contributed by atoms with van der Waals surface area (Å²) in [6.45, 7) is 1.33. The van der Waals surface area contributed by atoms with E-state index < -0.39 is 0 Å². The lowest BCUT2D eigenvalue weighted by Gasteiger charge is -2.18. The zero-order valence-corrected chi connectivity index (χ0v) is 16.6. The Kier molecular flexibility index (Phi) is 5.65. The molecule has 8 heteroatoms. The van der Waals surface area contributed by atoms with Crippen molar-refractivity contribution in [1.29, 1.82) is 0 Å². The van der Waals surface area contributed by atoms with Crippen LogP contribution in [0.3, 0.4) is 0 Å². The van der Waals surface area contributed by atoms with Crippen molar-refractivity contribution in [2.75, 3.05) is 19.8 Å². The van der Waals surface area contributed by atoms with Crippen LogP contribution in [0.4, 0.5) is 4.39 Å². The van der Waals surface area contributed by atoms with Crippen LogP contribution in [0.2, 0.25) is 0 Å². The standard InChI is InChI=1S/C22H22FN3O4/c1-26-17-4-3-15(23)13-16(17)25-21(26)8-9-24-22(28)7-5-18(27)14-2-6-19-20(12-14)30-11-10-29-19/h2-4,6,12-13H,5,7-11H2,1H3,(H,24,28). The molecule has 1 N–H and O–H groups in total. The lowest BCUT2D eigenvalue weighted by Crippen LogP contribution is -2.26. The van der Waals surface area contributed by atoms with E-state index in [4.69, 9.17) is 9.47 Å². The molecule has 3 aromatic rings. The molecule has 0 spiro atoms. The number of ketones is 1. The third-order valence-corrected chi connectivity index (χ3v) is 5.05. The molecule has 0 fully saturated rings. The van der Waals surface area contributed by atoms with Gasteiger partial charge >= 0.3 is 0 Å². The van der Waals surface area contributed by atoms with Crippen molar-refractivity contribution in [3.63, 3.8) is 0 Å². The highest BCUT2D eigenvalue weighted by Gasteiger charge is 2.16. The van der Waals surface area contributed by atoms with Gasteiger partial charge in [-0.05, 0) is 30.3 Å². The number of rotatable bonds is 7. The average molecular weight is 411 g/mol. The van der Waals surface area contributed by atoms with Gasteiger partial charge in [-0.25, -0.2) is 9.37 Å². The van der Waals surface area contributed by atoms with Gasteiger partial charge in [-0.3, -0.25) is 9.59 Å². The minimum absolute atomic E-state index is 0.0982. The normalized spacial score (nSPS) is 12.7. The number of nitrogens with zero attached hydrogens (tertiary/aromatic N) is 2. The largest absolute Gasteiger partial charge is 0.486 e. The zero-order valence-electron chi connectivity index (χ0n) is 16.6. The molecule has 0 bridgehead atoms. The van der Waals surface area contributed by atoms with E-state index in [1.165, 1.54) is 12.1 Å². The Bertz CT molecular complexity index is 1110. The summed E-state index contributed by atoms with van der Waals surface area (Å²) in [5.41, 5.74) is 1.92. The Balaban J connectivity index is 1.26. The molecule has 1 aromatic heterocycles. The molecule has 2 heterocycles. The molecule has 7 nitrogen and oxygen atoms in total. The molecule has 1 amide bonds. The predicted octanol–water partition coefficient (Wildman–Crippen LogP) is 2.81. The van der Waals surface area contributed by atoms with Gasteiger partial charge in [0.05, 0.1) is 11.0 Å². The number of halogens is 1. The van der Waals surface area contributed by atoms with Crippen LogP contribution in [0.15, 0.2) is 36.4 Å². The van der Waals surface area contributed by atoms with Gasteiger partial charge < -0.3 is 19.4 Å². The molecule has 0 saturated heterocycles. The van der Waals surface area contributed by atoms with Crippen molar-refractivity contribution in [3.8, 4) is 11.5 Å². The second kappa shape index (κ2) is 8.52. The van der Waals surface area contributed by atoms with E-state index in [2.05, 4.69) is 10.3 Å². The van der Waals surface area contributed by atoms with E-state index >= 15 is 0 Å². The second-order valence-electron chi connectivity index (χ2n) is 7.10. The third-order valence-electron chi connectivity index (χ3n) is 5.05. The van der Waals surface area contributed by atoms with Crippen LogP contribution in [-0.2, 0) is 18.3 Å². The maximum absolute atomic E-state index is 13.3. The fourth-order valence-electron chi connectivity index (χ4n) is 3.44. The zero-order chi connectivity index (χ0) is 21.1. The predicted molar refractivity (Wildman–Crippen MR) is 108 cm³/mol. The van der Waals surface area contributed by atoms with Crippen LogP contribution in [0.5, 0.6) is 11.5 Å². The number of fused-ring (bicyclic) bond motifs is 2. The van der Waals surface area contributed by atoms with Crippen LogP contribution in [-0.4, -0.2) is 41.0 Å². The molecule has 30 heavy (non-hydrogen) atoms. The van der Waals surface area contributed by atoms with Gasteiger partial charge in [0, 0.05) is 44.5 Å². The van der Waals surface area contributed by atoms with Gasteiger partial charge in [0.15, 0.2) is 17.3 Å². The quantitative estimate of drug-likeness (QED) is 0.605. The summed E-state index contributed by atoms with van der Waals surface area (Å²) in [5, 5.41) is 2.81. The second-order valence-corrected chi connectivity index (χ2v) is 7.10. The number of hydrogen-bond acceptors (Lipinski definition) is 5. The average Bonchev–Trinajstić information content (AvgIpc) is 3.06. The maximum Gasteiger partial charge on any atom is 0.220 e. The van der Waals surface area contributed by atoms with Gasteiger partial charge in [-0.1, -0.05) is 0 Å². The summed E-state index contributed by atoms with van der Waals surface area (Å²) < 4.78 is 26.2. The molecular formula is C22H22FN3O4. The van der Waals surface area contributed by atoms with Crippen molar-refractivity contribution in [2.45, 2.75) is 19.3 Å². The Morgan fingerprint density at radius 1 is 1.10 bits per heavy atom. The highest BCUT2D eigenvalue weighted by atomic mass is 19.1. The van der Waals surface area contributed by atoms with E-state index in [1.807, 2.05) is 11.6 Å². The highest BCUT2D eigenvalue weighted by Crippen LogP contribution is 2.31. The fourth-order valence-corrected chi connectivity index (χ4v) is 3.44. The van der Waals surface area contributed by atoms with E-state index in [0.29, 0.717) is 48.8 Å². The molecule has 0 aliphatic carbocycles. The van der Waals surface area contributed by atoms with E-state index in [9.17, 15) is 14.0 Å². The number of hydrogen-bond donors (Lipinski definition) is 1. The summed E-state index contributed by atoms with van der Waals surface area (Å²) >= 11 is 0. The minimum atomic E-state index is -0.330. The monoisotopic (exact) mass is 411 g/mol. The smallest absolute Gasteiger partial charge is 0.220 e. The molecule has 0 atom stereocenters. The number of ether oxygens (including phenoxy) is 2. The lowest BCUT2D eigenvalue weighted by atomic mass is 10.1. The summed E-state index contributed by atoms with van der Waals surface area (Å²) in [6.07, 6.45) is 0.715. The van der Waals surface area contributed by atoms with Crippen LogP contribution < -0.4 is 14.8 Å². The molecule has 0 saturated carbocycles. The van der Waals surface area contributed by atoms with Crippen molar-refractivity contribution < 1.29 is 23.5 Å². The third kappa shape index (κ3) is 4.27. The van der Waals surface area contributed by atoms with Crippen LogP contribution in [0, 0.1) is 5.82 Å². The molecule has 0 unspecified atom stereocenters. The van der Waals surface area contributed by atoms with Crippen molar-refractivity contribution in [2.24, 2.45) is 7.05 Å². The topological polar surface area (TPSA) is 82.5 Å². The van der Waals surface area contributed by atoms with Gasteiger partial charge in [-0.2, -0.15) is 0 Å². The summed E-state index contributed by atoms with van der Waals surface area (Å²) in [6, 6.07) is 9.52. The van der Waals surface area contributed by atoms with Gasteiger partial charge in [0.2, 0.25) is 5.91 Å². The number of carbonyl (C=O) groups is 2. The Labute approximate surface area is 172 Å².